The fourth-order valence-electron chi connectivity index (χ4n) is 4.06. The number of rotatable bonds is 5. The van der Waals surface area contributed by atoms with Gasteiger partial charge in [0.1, 0.15) is 12.4 Å². The smallest absolute Gasteiger partial charge is 0.337 e. The molecule has 4 heteroatoms. The van der Waals surface area contributed by atoms with Crippen LogP contribution in [-0.2, 0) is 11.3 Å². The van der Waals surface area contributed by atoms with Crippen LogP contribution in [0.3, 0.4) is 0 Å². The number of hydrogen-bond acceptors (Lipinski definition) is 3. The summed E-state index contributed by atoms with van der Waals surface area (Å²) in [5.41, 5.74) is 2.98. The Hall–Kier alpha value is -3.79. The molecule has 0 spiro atoms. The van der Waals surface area contributed by atoms with E-state index in [4.69, 9.17) is 9.47 Å². The Morgan fingerprint density at radius 2 is 1.43 bits per heavy atom. The number of hydrogen-bond donors (Lipinski definition) is 0. The van der Waals surface area contributed by atoms with Gasteiger partial charge in [-0.15, -0.1) is 0 Å². The standard InChI is InChI=1S/C26H21NO3/c1-29-26(28)20-11-10-19-17-21(13-12-18(19)16-20)30-15-14-27-24-8-4-2-6-22(24)23-7-3-5-9-25(23)27/h2-13,16-17H,14-15H2,1H3. The molecule has 0 atom stereocenters. The number of carbonyl (C=O) groups is 1. The minimum absolute atomic E-state index is 0.330. The minimum Gasteiger partial charge on any atom is -0.492 e. The normalized spacial score (nSPS) is 11.2. The maximum absolute atomic E-state index is 11.7. The van der Waals surface area contributed by atoms with Crippen molar-refractivity contribution in [2.24, 2.45) is 0 Å². The maximum atomic E-state index is 11.7. The number of aromatic nitrogens is 1. The minimum atomic E-state index is -0.330. The third-order valence-corrected chi connectivity index (χ3v) is 5.50. The lowest BCUT2D eigenvalue weighted by Crippen LogP contribution is -2.08. The van der Waals surface area contributed by atoms with E-state index in [2.05, 4.69) is 53.1 Å². The fourth-order valence-corrected chi connectivity index (χ4v) is 4.06. The Morgan fingerprint density at radius 1 is 0.800 bits per heavy atom. The first-order chi connectivity index (χ1) is 14.7. The average molecular weight is 395 g/mol. The maximum Gasteiger partial charge on any atom is 0.337 e. The van der Waals surface area contributed by atoms with Crippen molar-refractivity contribution in [1.82, 2.24) is 4.57 Å². The summed E-state index contributed by atoms with van der Waals surface area (Å²) in [7, 11) is 1.39. The predicted molar refractivity (Wildman–Crippen MR) is 120 cm³/mol. The second-order valence-electron chi connectivity index (χ2n) is 7.25. The van der Waals surface area contributed by atoms with E-state index in [9.17, 15) is 4.79 Å². The highest BCUT2D eigenvalue weighted by Gasteiger charge is 2.10. The number of para-hydroxylation sites is 2. The Morgan fingerprint density at radius 3 is 2.13 bits per heavy atom. The third-order valence-electron chi connectivity index (χ3n) is 5.50. The van der Waals surface area contributed by atoms with Crippen molar-refractivity contribution in [1.29, 1.82) is 0 Å². The first kappa shape index (κ1) is 18.3. The molecule has 0 aliphatic rings. The van der Waals surface area contributed by atoms with Gasteiger partial charge in [0.15, 0.2) is 0 Å². The molecular weight excluding hydrogens is 374 g/mol. The van der Waals surface area contributed by atoms with Gasteiger partial charge in [0.25, 0.3) is 0 Å². The highest BCUT2D eigenvalue weighted by Crippen LogP contribution is 2.29. The summed E-state index contributed by atoms with van der Waals surface area (Å²) in [5, 5.41) is 4.53. The number of ether oxygens (including phenoxy) is 2. The van der Waals surface area contributed by atoms with Gasteiger partial charge in [0, 0.05) is 21.8 Å². The lowest BCUT2D eigenvalue weighted by Gasteiger charge is -2.11. The second kappa shape index (κ2) is 7.56. The highest BCUT2D eigenvalue weighted by molar-refractivity contribution is 6.07. The van der Waals surface area contributed by atoms with E-state index in [0.29, 0.717) is 12.2 Å². The van der Waals surface area contributed by atoms with Crippen molar-refractivity contribution in [3.05, 3.63) is 90.5 Å². The molecule has 0 unspecified atom stereocenters. The molecule has 0 N–H and O–H groups in total. The second-order valence-corrected chi connectivity index (χ2v) is 7.25. The van der Waals surface area contributed by atoms with Gasteiger partial charge in [-0.25, -0.2) is 4.79 Å². The van der Waals surface area contributed by atoms with E-state index >= 15 is 0 Å². The molecule has 30 heavy (non-hydrogen) atoms. The van der Waals surface area contributed by atoms with Crippen LogP contribution in [0.15, 0.2) is 84.9 Å². The van der Waals surface area contributed by atoms with E-state index < -0.39 is 0 Å². The molecule has 1 aromatic heterocycles. The molecule has 148 valence electrons. The first-order valence-corrected chi connectivity index (χ1v) is 9.95. The van der Waals surface area contributed by atoms with Crippen molar-refractivity contribution >= 4 is 38.5 Å². The van der Waals surface area contributed by atoms with E-state index in [1.165, 1.54) is 28.9 Å². The summed E-state index contributed by atoms with van der Waals surface area (Å²) in [6, 6.07) is 28.4. The van der Waals surface area contributed by atoms with Crippen molar-refractivity contribution < 1.29 is 14.3 Å². The number of benzene rings is 4. The van der Waals surface area contributed by atoms with Crippen LogP contribution in [0.5, 0.6) is 5.75 Å². The van der Waals surface area contributed by atoms with Crippen LogP contribution in [0.1, 0.15) is 10.4 Å². The molecule has 5 rings (SSSR count). The Labute approximate surface area is 174 Å². The molecule has 1 heterocycles. The largest absolute Gasteiger partial charge is 0.492 e. The van der Waals surface area contributed by atoms with Gasteiger partial charge in [-0.1, -0.05) is 48.5 Å². The summed E-state index contributed by atoms with van der Waals surface area (Å²) in [4.78, 5) is 11.7. The first-order valence-electron chi connectivity index (χ1n) is 9.95. The van der Waals surface area contributed by atoms with Crippen LogP contribution in [-0.4, -0.2) is 24.3 Å². The molecule has 0 saturated carbocycles. The van der Waals surface area contributed by atoms with Gasteiger partial charge < -0.3 is 14.0 Å². The van der Waals surface area contributed by atoms with Crippen LogP contribution < -0.4 is 4.74 Å². The molecule has 0 aliphatic heterocycles. The number of esters is 1. The summed E-state index contributed by atoms with van der Waals surface area (Å²) in [6.45, 7) is 1.32. The van der Waals surface area contributed by atoms with Crippen LogP contribution >= 0.6 is 0 Å². The van der Waals surface area contributed by atoms with Crippen LogP contribution in [0, 0.1) is 0 Å². The van der Waals surface area contributed by atoms with E-state index in [1.807, 2.05) is 30.3 Å². The summed E-state index contributed by atoms with van der Waals surface area (Å²) in [5.74, 6) is 0.484. The summed E-state index contributed by atoms with van der Waals surface area (Å²) >= 11 is 0. The van der Waals surface area contributed by atoms with Crippen molar-refractivity contribution in [2.45, 2.75) is 6.54 Å². The van der Waals surface area contributed by atoms with Gasteiger partial charge >= 0.3 is 5.97 Å². The number of methoxy groups -OCH3 is 1. The molecule has 0 aliphatic carbocycles. The Kier molecular flexibility index (Phi) is 4.60. The molecule has 4 aromatic carbocycles. The van der Waals surface area contributed by atoms with Gasteiger partial charge in [0.2, 0.25) is 0 Å². The van der Waals surface area contributed by atoms with Crippen LogP contribution in [0.4, 0.5) is 0 Å². The van der Waals surface area contributed by atoms with Crippen molar-refractivity contribution in [2.75, 3.05) is 13.7 Å². The molecule has 0 amide bonds. The molecule has 4 nitrogen and oxygen atoms in total. The van der Waals surface area contributed by atoms with E-state index in [0.717, 1.165) is 23.1 Å². The Bertz CT molecular complexity index is 1330. The Balaban J connectivity index is 1.38. The van der Waals surface area contributed by atoms with Crippen LogP contribution in [0.25, 0.3) is 32.6 Å². The van der Waals surface area contributed by atoms with Gasteiger partial charge in [-0.05, 0) is 47.2 Å². The summed E-state index contributed by atoms with van der Waals surface area (Å²) in [6.07, 6.45) is 0. The fraction of sp³-hybridized carbons (Fsp3) is 0.115. The van der Waals surface area contributed by atoms with Crippen molar-refractivity contribution in [3.8, 4) is 5.75 Å². The zero-order valence-electron chi connectivity index (χ0n) is 16.7. The molecule has 0 fully saturated rings. The number of carbonyl (C=O) groups excluding carboxylic acids is 1. The zero-order valence-corrected chi connectivity index (χ0v) is 16.7. The zero-order chi connectivity index (χ0) is 20.5. The quantitative estimate of drug-likeness (QED) is 0.352. The lowest BCUT2D eigenvalue weighted by atomic mass is 10.1. The topological polar surface area (TPSA) is 40.5 Å². The number of nitrogens with zero attached hydrogens (tertiary/aromatic N) is 1. The molecule has 5 aromatic rings. The summed E-state index contributed by atoms with van der Waals surface area (Å²) < 4.78 is 13.2. The van der Waals surface area contributed by atoms with Gasteiger partial charge in [0.05, 0.1) is 19.2 Å². The molecular formula is C26H21NO3. The molecule has 0 saturated heterocycles. The van der Waals surface area contributed by atoms with Gasteiger partial charge in [-0.3, -0.25) is 0 Å². The predicted octanol–water partition coefficient (Wildman–Crippen LogP) is 5.81. The number of fused-ring (bicyclic) bond motifs is 4. The van der Waals surface area contributed by atoms with Crippen molar-refractivity contribution in [3.63, 3.8) is 0 Å². The SMILES string of the molecule is COC(=O)c1ccc2cc(OCCn3c4ccccc4c4ccccc43)ccc2c1. The lowest BCUT2D eigenvalue weighted by molar-refractivity contribution is 0.0601. The third kappa shape index (κ3) is 3.16. The van der Waals surface area contributed by atoms with Crippen LogP contribution in [0.2, 0.25) is 0 Å². The highest BCUT2D eigenvalue weighted by atomic mass is 16.5. The monoisotopic (exact) mass is 395 g/mol. The molecule has 0 bridgehead atoms. The average Bonchev–Trinajstić information content (AvgIpc) is 3.12. The molecule has 0 radical (unpaired) electrons. The van der Waals surface area contributed by atoms with E-state index in [1.54, 1.807) is 6.07 Å². The van der Waals surface area contributed by atoms with Gasteiger partial charge in [-0.2, -0.15) is 0 Å². The van der Waals surface area contributed by atoms with E-state index in [-0.39, 0.29) is 5.97 Å².